The Kier molecular flexibility index (Phi) is 3.14. The minimum Gasteiger partial charge on any atom is -0.417 e. The molecule has 1 rings (SSSR count). The number of hydrogen-bond donors (Lipinski definition) is 0. The highest BCUT2D eigenvalue weighted by Crippen LogP contribution is 2.23. The molecule has 0 saturated carbocycles. The molecule has 0 radical (unpaired) electrons. The lowest BCUT2D eigenvalue weighted by molar-refractivity contribution is -0.130. The van der Waals surface area contributed by atoms with Gasteiger partial charge in [0.05, 0.1) is 0 Å². The Bertz CT molecular complexity index is 404. The number of ether oxygens (including phenoxy) is 1. The molecule has 80 valence electrons. The van der Waals surface area contributed by atoms with Crippen LogP contribution >= 0.6 is 0 Å². The summed E-state index contributed by atoms with van der Waals surface area (Å²) in [7, 11) is 0. The van der Waals surface area contributed by atoms with Crippen molar-refractivity contribution in [1.82, 2.24) is 0 Å². The molecule has 0 aliphatic heterocycles. The second kappa shape index (κ2) is 4.16. The maximum atomic E-state index is 12.9. The molecule has 0 fully saturated rings. The molecule has 2 nitrogen and oxygen atoms in total. The van der Waals surface area contributed by atoms with Crippen molar-refractivity contribution in [3.63, 3.8) is 0 Å². The molecular formula is C10H7F3O2. The first-order chi connectivity index (χ1) is 6.91. The summed E-state index contributed by atoms with van der Waals surface area (Å²) in [6.07, 6.45) is 0. The van der Waals surface area contributed by atoms with Crippen LogP contribution in [0, 0.1) is 17.5 Å². The van der Waals surface area contributed by atoms with E-state index >= 15 is 0 Å². The average Bonchev–Trinajstić information content (AvgIpc) is 2.10. The Morgan fingerprint density at radius 1 is 1.27 bits per heavy atom. The molecule has 0 atom stereocenters. The van der Waals surface area contributed by atoms with Gasteiger partial charge in [-0.1, -0.05) is 6.58 Å². The third-order valence-corrected chi connectivity index (χ3v) is 1.51. The van der Waals surface area contributed by atoms with E-state index in [0.29, 0.717) is 12.1 Å². The average molecular weight is 216 g/mol. The zero-order valence-electron chi connectivity index (χ0n) is 7.81. The van der Waals surface area contributed by atoms with Crippen molar-refractivity contribution in [2.75, 3.05) is 0 Å². The molecule has 0 spiro atoms. The first-order valence-electron chi connectivity index (χ1n) is 3.94. The molecule has 0 saturated heterocycles. The van der Waals surface area contributed by atoms with Gasteiger partial charge in [0.1, 0.15) is 5.82 Å². The third kappa shape index (κ3) is 2.59. The van der Waals surface area contributed by atoms with Gasteiger partial charge in [-0.3, -0.25) is 0 Å². The number of halogens is 3. The molecule has 1 aromatic rings. The lowest BCUT2D eigenvalue weighted by Crippen LogP contribution is -2.10. The first-order valence-corrected chi connectivity index (χ1v) is 3.94. The molecular weight excluding hydrogens is 209 g/mol. The lowest BCUT2D eigenvalue weighted by Gasteiger charge is -2.05. The van der Waals surface area contributed by atoms with E-state index in [4.69, 9.17) is 0 Å². The normalized spacial score (nSPS) is 9.87. The van der Waals surface area contributed by atoms with Crippen LogP contribution in [-0.4, -0.2) is 5.97 Å². The van der Waals surface area contributed by atoms with Gasteiger partial charge in [0, 0.05) is 17.7 Å². The monoisotopic (exact) mass is 216 g/mol. The third-order valence-electron chi connectivity index (χ3n) is 1.51. The first kappa shape index (κ1) is 11.3. The minimum absolute atomic E-state index is 0.0156. The van der Waals surface area contributed by atoms with Gasteiger partial charge in [0.2, 0.25) is 5.75 Å². The summed E-state index contributed by atoms with van der Waals surface area (Å²) in [6.45, 7) is 4.56. The van der Waals surface area contributed by atoms with Gasteiger partial charge in [0.25, 0.3) is 0 Å². The van der Waals surface area contributed by atoms with Crippen molar-refractivity contribution >= 4 is 5.97 Å². The van der Waals surface area contributed by atoms with Gasteiger partial charge < -0.3 is 4.74 Å². The molecule has 0 heterocycles. The number of carbonyl (C=O) groups is 1. The predicted octanol–water partition coefficient (Wildman–Crippen LogP) is 2.59. The van der Waals surface area contributed by atoms with E-state index in [0.717, 1.165) is 0 Å². The molecule has 0 aliphatic rings. The highest BCUT2D eigenvalue weighted by molar-refractivity contribution is 5.88. The maximum absolute atomic E-state index is 12.9. The van der Waals surface area contributed by atoms with Crippen LogP contribution < -0.4 is 4.74 Å². The fraction of sp³-hybridized carbons (Fsp3) is 0.100. The summed E-state index contributed by atoms with van der Waals surface area (Å²) in [4.78, 5) is 11.0. The fourth-order valence-corrected chi connectivity index (χ4v) is 0.806. The summed E-state index contributed by atoms with van der Waals surface area (Å²) in [6, 6.07) is 0.841. The van der Waals surface area contributed by atoms with Crippen molar-refractivity contribution in [2.24, 2.45) is 0 Å². The number of esters is 1. The van der Waals surface area contributed by atoms with Gasteiger partial charge in [-0.15, -0.1) is 0 Å². The van der Waals surface area contributed by atoms with Crippen molar-refractivity contribution < 1.29 is 22.7 Å². The van der Waals surface area contributed by atoms with Crippen LogP contribution in [0.3, 0.4) is 0 Å². The molecule has 0 aromatic heterocycles. The molecule has 0 amide bonds. The highest BCUT2D eigenvalue weighted by Gasteiger charge is 2.16. The number of hydrogen-bond acceptors (Lipinski definition) is 2. The molecule has 5 heteroatoms. The maximum Gasteiger partial charge on any atom is 0.338 e. The van der Waals surface area contributed by atoms with Crippen molar-refractivity contribution in [1.29, 1.82) is 0 Å². The molecule has 15 heavy (non-hydrogen) atoms. The van der Waals surface area contributed by atoms with Gasteiger partial charge in [-0.05, 0) is 6.92 Å². The molecule has 0 aliphatic carbocycles. The van der Waals surface area contributed by atoms with Gasteiger partial charge in [0.15, 0.2) is 11.6 Å². The van der Waals surface area contributed by atoms with Gasteiger partial charge in [-0.2, -0.15) is 0 Å². The standard InChI is InChI=1S/C10H7F3O2/c1-5(2)10(14)15-9-7(12)3-6(11)4-8(9)13/h3-4H,1H2,2H3. The van der Waals surface area contributed by atoms with Crippen molar-refractivity contribution in [3.05, 3.63) is 41.7 Å². The molecule has 0 unspecified atom stereocenters. The van der Waals surface area contributed by atoms with E-state index in [2.05, 4.69) is 11.3 Å². The minimum atomic E-state index is -1.28. The Morgan fingerprint density at radius 2 is 1.73 bits per heavy atom. The van der Waals surface area contributed by atoms with Crippen LogP contribution in [-0.2, 0) is 4.79 Å². The zero-order chi connectivity index (χ0) is 11.6. The molecule has 0 N–H and O–H groups in total. The molecule has 1 aromatic carbocycles. The largest absolute Gasteiger partial charge is 0.417 e. The van der Waals surface area contributed by atoms with E-state index in [1.54, 1.807) is 0 Å². The van der Waals surface area contributed by atoms with E-state index in [1.165, 1.54) is 6.92 Å². The van der Waals surface area contributed by atoms with Crippen LogP contribution in [0.2, 0.25) is 0 Å². The molecule has 0 bridgehead atoms. The van der Waals surface area contributed by atoms with Crippen LogP contribution in [0.25, 0.3) is 0 Å². The van der Waals surface area contributed by atoms with Gasteiger partial charge in [-0.25, -0.2) is 18.0 Å². The summed E-state index contributed by atoms with van der Waals surface area (Å²) >= 11 is 0. The highest BCUT2D eigenvalue weighted by atomic mass is 19.1. The van der Waals surface area contributed by atoms with E-state index in [1.807, 2.05) is 0 Å². The van der Waals surface area contributed by atoms with Crippen LogP contribution in [0.5, 0.6) is 5.75 Å². The topological polar surface area (TPSA) is 26.3 Å². The smallest absolute Gasteiger partial charge is 0.338 e. The Balaban J connectivity index is 3.05. The summed E-state index contributed by atoms with van der Waals surface area (Å²) in [5, 5.41) is 0. The summed E-state index contributed by atoms with van der Waals surface area (Å²) < 4.78 is 42.7. The van der Waals surface area contributed by atoms with Crippen LogP contribution in [0.15, 0.2) is 24.3 Å². The zero-order valence-corrected chi connectivity index (χ0v) is 7.81. The Labute approximate surface area is 84.0 Å². The second-order valence-electron chi connectivity index (χ2n) is 2.87. The number of carbonyl (C=O) groups excluding carboxylic acids is 1. The lowest BCUT2D eigenvalue weighted by atomic mass is 10.3. The predicted molar refractivity (Wildman–Crippen MR) is 46.8 cm³/mol. The van der Waals surface area contributed by atoms with Gasteiger partial charge >= 0.3 is 5.97 Å². The summed E-state index contributed by atoms with van der Waals surface area (Å²) in [5.41, 5.74) is -0.0156. The van der Waals surface area contributed by atoms with E-state index in [-0.39, 0.29) is 5.57 Å². The summed E-state index contributed by atoms with van der Waals surface area (Å²) in [5.74, 6) is -5.53. The van der Waals surface area contributed by atoms with Crippen LogP contribution in [0.4, 0.5) is 13.2 Å². The van der Waals surface area contributed by atoms with Crippen molar-refractivity contribution in [2.45, 2.75) is 6.92 Å². The fourth-order valence-electron chi connectivity index (χ4n) is 0.806. The van der Waals surface area contributed by atoms with E-state index in [9.17, 15) is 18.0 Å². The Hall–Kier alpha value is -1.78. The SMILES string of the molecule is C=C(C)C(=O)Oc1c(F)cc(F)cc1F. The quantitative estimate of drug-likeness (QED) is 0.431. The van der Waals surface area contributed by atoms with Crippen LogP contribution in [0.1, 0.15) is 6.92 Å². The van der Waals surface area contributed by atoms with E-state index < -0.39 is 29.2 Å². The second-order valence-corrected chi connectivity index (χ2v) is 2.87. The number of rotatable bonds is 2. The number of benzene rings is 1. The van der Waals surface area contributed by atoms with Crippen molar-refractivity contribution in [3.8, 4) is 5.75 Å². The Morgan fingerprint density at radius 3 is 2.13 bits per heavy atom.